The maximum Gasteiger partial charge on any atom is 0.281 e. The van der Waals surface area contributed by atoms with Crippen molar-refractivity contribution in [3.63, 3.8) is 0 Å². The smallest absolute Gasteiger partial charge is 0.281 e. The molecule has 0 amide bonds. The Kier molecular flexibility index (Phi) is 5.16. The molecular formula is C11H12ClN3O2. The highest BCUT2D eigenvalue weighted by molar-refractivity contribution is 6.29. The number of allylic oxidation sites excluding steroid dienone is 3. The van der Waals surface area contributed by atoms with Crippen LogP contribution in [0.5, 0.6) is 11.6 Å². The summed E-state index contributed by atoms with van der Waals surface area (Å²) in [6, 6.07) is 1.53. The molecule has 0 bridgehead atoms. The van der Waals surface area contributed by atoms with E-state index in [2.05, 4.69) is 21.9 Å². The Morgan fingerprint density at radius 1 is 1.53 bits per heavy atom. The first-order valence-corrected chi connectivity index (χ1v) is 5.09. The number of aliphatic imine (C=N–C) groups is 1. The molecule has 90 valence electrons. The third-order valence-electron chi connectivity index (χ3n) is 1.70. The first kappa shape index (κ1) is 13.2. The van der Waals surface area contributed by atoms with Gasteiger partial charge in [0.25, 0.3) is 5.88 Å². The molecular weight excluding hydrogens is 242 g/mol. The van der Waals surface area contributed by atoms with Crippen molar-refractivity contribution in [1.82, 2.24) is 10.2 Å². The van der Waals surface area contributed by atoms with Gasteiger partial charge in [-0.15, -0.1) is 10.2 Å². The van der Waals surface area contributed by atoms with Crippen LogP contribution in [0.4, 0.5) is 0 Å². The summed E-state index contributed by atoms with van der Waals surface area (Å²) >= 11 is 5.68. The van der Waals surface area contributed by atoms with Crippen molar-refractivity contribution < 1.29 is 9.47 Å². The van der Waals surface area contributed by atoms with Crippen LogP contribution in [-0.4, -0.2) is 24.0 Å². The van der Waals surface area contributed by atoms with E-state index in [0.717, 1.165) is 0 Å². The van der Waals surface area contributed by atoms with Gasteiger partial charge in [0.15, 0.2) is 10.9 Å². The fraction of sp³-hybridized carbons (Fsp3) is 0.182. The fourth-order valence-corrected chi connectivity index (χ4v) is 1.12. The molecule has 0 spiro atoms. The van der Waals surface area contributed by atoms with E-state index in [4.69, 9.17) is 21.1 Å². The summed E-state index contributed by atoms with van der Waals surface area (Å²) in [5.41, 5.74) is 0. The third-order valence-corrected chi connectivity index (χ3v) is 1.88. The van der Waals surface area contributed by atoms with Crippen molar-refractivity contribution in [2.24, 2.45) is 4.99 Å². The first-order valence-electron chi connectivity index (χ1n) is 4.71. The SMILES string of the molecule is C=N/C=C\C=C(/C)Oc1nnc(Cl)cc1OC. The Bertz CT molecular complexity index is 458. The van der Waals surface area contributed by atoms with Gasteiger partial charge in [-0.1, -0.05) is 11.6 Å². The van der Waals surface area contributed by atoms with E-state index < -0.39 is 0 Å². The van der Waals surface area contributed by atoms with Crippen LogP contribution in [-0.2, 0) is 0 Å². The second kappa shape index (κ2) is 6.65. The molecule has 0 saturated carbocycles. The lowest BCUT2D eigenvalue weighted by atomic mass is 10.4. The standard InChI is InChI=1S/C11H12ClN3O2/c1-8(5-4-6-13-2)17-11-9(16-3)7-10(12)14-15-11/h4-7H,2H2,1,3H3/b6-4-,8-5+. The Labute approximate surface area is 104 Å². The molecule has 0 aliphatic heterocycles. The number of methoxy groups -OCH3 is 1. The van der Waals surface area contributed by atoms with Crippen molar-refractivity contribution >= 4 is 18.3 Å². The lowest BCUT2D eigenvalue weighted by Gasteiger charge is -2.07. The summed E-state index contributed by atoms with van der Waals surface area (Å²) in [6.45, 7) is 5.08. The Hall–Kier alpha value is -1.88. The third kappa shape index (κ3) is 4.24. The topological polar surface area (TPSA) is 56.6 Å². The normalized spacial score (nSPS) is 11.6. The van der Waals surface area contributed by atoms with E-state index in [0.29, 0.717) is 11.5 Å². The van der Waals surface area contributed by atoms with Gasteiger partial charge < -0.3 is 9.47 Å². The molecule has 5 nitrogen and oxygen atoms in total. The molecule has 0 radical (unpaired) electrons. The van der Waals surface area contributed by atoms with E-state index in [1.54, 1.807) is 19.1 Å². The molecule has 0 N–H and O–H groups in total. The van der Waals surface area contributed by atoms with Crippen LogP contribution in [0.1, 0.15) is 6.92 Å². The van der Waals surface area contributed by atoms with Gasteiger partial charge in [0, 0.05) is 12.3 Å². The average Bonchev–Trinajstić information content (AvgIpc) is 2.32. The maximum atomic E-state index is 5.68. The minimum absolute atomic E-state index is 0.242. The number of hydrogen-bond donors (Lipinski definition) is 0. The second-order valence-corrected chi connectivity index (χ2v) is 3.33. The molecule has 0 atom stereocenters. The number of rotatable bonds is 5. The fourth-order valence-electron chi connectivity index (χ4n) is 0.984. The van der Waals surface area contributed by atoms with Crippen LogP contribution in [0, 0.1) is 0 Å². The largest absolute Gasteiger partial charge is 0.491 e. The Morgan fingerprint density at radius 3 is 2.94 bits per heavy atom. The van der Waals surface area contributed by atoms with E-state index in [1.807, 2.05) is 0 Å². The number of ether oxygens (including phenoxy) is 2. The minimum atomic E-state index is 0.242. The molecule has 1 aromatic heterocycles. The van der Waals surface area contributed by atoms with Crippen LogP contribution in [0.2, 0.25) is 5.15 Å². The molecule has 0 saturated heterocycles. The first-order chi connectivity index (χ1) is 8.17. The second-order valence-electron chi connectivity index (χ2n) is 2.94. The molecule has 0 fully saturated rings. The molecule has 0 unspecified atom stereocenters. The number of aromatic nitrogens is 2. The van der Waals surface area contributed by atoms with E-state index in [1.165, 1.54) is 19.4 Å². The molecule has 0 aromatic carbocycles. The summed E-state index contributed by atoms with van der Waals surface area (Å²) in [5, 5.41) is 7.70. The van der Waals surface area contributed by atoms with Gasteiger partial charge in [-0.3, -0.25) is 4.99 Å². The molecule has 0 aliphatic rings. The van der Waals surface area contributed by atoms with Crippen LogP contribution < -0.4 is 9.47 Å². The monoisotopic (exact) mass is 253 g/mol. The molecule has 1 heterocycles. The lowest BCUT2D eigenvalue weighted by Crippen LogP contribution is -1.98. The van der Waals surface area contributed by atoms with Crippen molar-refractivity contribution in [3.8, 4) is 11.6 Å². The van der Waals surface area contributed by atoms with Gasteiger partial charge in [0.1, 0.15) is 5.76 Å². The van der Waals surface area contributed by atoms with Gasteiger partial charge in [-0.25, -0.2) is 0 Å². The van der Waals surface area contributed by atoms with Crippen molar-refractivity contribution in [2.45, 2.75) is 6.92 Å². The molecule has 1 rings (SSSR count). The van der Waals surface area contributed by atoms with Gasteiger partial charge in [-0.2, -0.15) is 0 Å². The van der Waals surface area contributed by atoms with Crippen LogP contribution in [0.25, 0.3) is 0 Å². The zero-order valence-corrected chi connectivity index (χ0v) is 10.3. The Balaban J connectivity index is 2.84. The summed E-state index contributed by atoms with van der Waals surface area (Å²) in [6.07, 6.45) is 4.94. The summed E-state index contributed by atoms with van der Waals surface area (Å²) in [7, 11) is 1.50. The van der Waals surface area contributed by atoms with E-state index >= 15 is 0 Å². The summed E-state index contributed by atoms with van der Waals surface area (Å²) in [5.74, 6) is 1.29. The van der Waals surface area contributed by atoms with Crippen molar-refractivity contribution in [2.75, 3.05) is 7.11 Å². The predicted molar refractivity (Wildman–Crippen MR) is 66.7 cm³/mol. The van der Waals surface area contributed by atoms with Crippen LogP contribution in [0.3, 0.4) is 0 Å². The summed E-state index contributed by atoms with van der Waals surface area (Å²) < 4.78 is 10.5. The minimum Gasteiger partial charge on any atom is -0.491 e. The zero-order chi connectivity index (χ0) is 12.7. The van der Waals surface area contributed by atoms with Gasteiger partial charge in [-0.05, 0) is 25.8 Å². The van der Waals surface area contributed by atoms with Gasteiger partial charge >= 0.3 is 0 Å². The highest BCUT2D eigenvalue weighted by Gasteiger charge is 2.08. The number of hydrogen-bond acceptors (Lipinski definition) is 5. The van der Waals surface area contributed by atoms with Crippen LogP contribution in [0.15, 0.2) is 35.2 Å². The number of nitrogens with zero attached hydrogens (tertiary/aromatic N) is 3. The molecule has 1 aromatic rings. The highest BCUT2D eigenvalue weighted by atomic mass is 35.5. The van der Waals surface area contributed by atoms with E-state index in [9.17, 15) is 0 Å². The Morgan fingerprint density at radius 2 is 2.29 bits per heavy atom. The molecule has 6 heteroatoms. The van der Waals surface area contributed by atoms with Gasteiger partial charge in [0.05, 0.1) is 7.11 Å². The average molecular weight is 254 g/mol. The van der Waals surface area contributed by atoms with Crippen molar-refractivity contribution in [1.29, 1.82) is 0 Å². The van der Waals surface area contributed by atoms with Crippen molar-refractivity contribution in [3.05, 3.63) is 35.3 Å². The summed E-state index contributed by atoms with van der Waals surface area (Å²) in [4.78, 5) is 3.56. The number of halogens is 1. The lowest BCUT2D eigenvalue weighted by molar-refractivity contribution is 0.346. The highest BCUT2D eigenvalue weighted by Crippen LogP contribution is 2.26. The molecule has 0 aliphatic carbocycles. The predicted octanol–water partition coefficient (Wildman–Crippen LogP) is 2.64. The maximum absolute atomic E-state index is 5.68. The zero-order valence-electron chi connectivity index (χ0n) is 9.55. The van der Waals surface area contributed by atoms with E-state index in [-0.39, 0.29) is 11.0 Å². The molecule has 17 heavy (non-hydrogen) atoms. The van der Waals surface area contributed by atoms with Crippen LogP contribution >= 0.6 is 11.6 Å². The van der Waals surface area contributed by atoms with Gasteiger partial charge in [0.2, 0.25) is 0 Å². The quantitative estimate of drug-likeness (QED) is 0.460.